The molecule has 2 aromatic heterocycles. The van der Waals surface area contributed by atoms with Crippen molar-refractivity contribution in [3.63, 3.8) is 0 Å². The van der Waals surface area contributed by atoms with Crippen LogP contribution in [0.15, 0.2) is 74.4 Å². The van der Waals surface area contributed by atoms with Crippen molar-refractivity contribution >= 4 is 55.0 Å². The van der Waals surface area contributed by atoms with Crippen LogP contribution >= 0.6 is 39.0 Å². The zero-order valence-electron chi connectivity index (χ0n) is 13.9. The molecule has 0 fully saturated rings. The predicted molar refractivity (Wildman–Crippen MR) is 115 cm³/mol. The summed E-state index contributed by atoms with van der Waals surface area (Å²) in [6.07, 6.45) is 0. The minimum atomic E-state index is -0.182. The third-order valence-electron chi connectivity index (χ3n) is 4.01. The molecule has 0 amide bonds. The Kier molecular flexibility index (Phi) is 5.24. The monoisotopic (exact) mass is 456 g/mol. The lowest BCUT2D eigenvalue weighted by Gasteiger charge is -2.03. The number of benzene rings is 2. The van der Waals surface area contributed by atoms with Gasteiger partial charge in [-0.3, -0.25) is 9.59 Å². The first kappa shape index (κ1) is 18.2. The molecule has 0 atom stereocenters. The van der Waals surface area contributed by atoms with Crippen molar-refractivity contribution in [2.45, 2.75) is 5.16 Å². The van der Waals surface area contributed by atoms with Crippen molar-refractivity contribution in [3.05, 3.63) is 80.4 Å². The molecule has 0 radical (unpaired) electrons. The second-order valence-corrected chi connectivity index (χ2v) is 8.52. The second kappa shape index (κ2) is 7.80. The van der Waals surface area contributed by atoms with Gasteiger partial charge in [0, 0.05) is 21.0 Å². The Morgan fingerprint density at radius 2 is 1.85 bits per heavy atom. The Morgan fingerprint density at radius 3 is 2.59 bits per heavy atom. The smallest absolute Gasteiger partial charge is 0.260 e. The number of carbonyl (C=O) groups is 1. The minimum absolute atomic E-state index is 0.00796. The number of thiophene rings is 1. The maximum atomic E-state index is 12.6. The van der Waals surface area contributed by atoms with Gasteiger partial charge in [-0.1, -0.05) is 70.2 Å². The third-order valence-corrected chi connectivity index (χ3v) is 6.29. The van der Waals surface area contributed by atoms with Crippen LogP contribution in [0.5, 0.6) is 0 Å². The van der Waals surface area contributed by atoms with Crippen LogP contribution in [-0.4, -0.2) is 21.5 Å². The number of Topliss-reactive ketones (excluding diaryl/α,β-unsaturated/α-hetero) is 1. The Morgan fingerprint density at radius 1 is 1.11 bits per heavy atom. The van der Waals surface area contributed by atoms with Crippen molar-refractivity contribution in [3.8, 4) is 11.1 Å². The van der Waals surface area contributed by atoms with Gasteiger partial charge in [0.25, 0.3) is 5.56 Å². The Hall–Kier alpha value is -2.22. The average Bonchev–Trinajstić information content (AvgIpc) is 3.12. The molecule has 7 heteroatoms. The van der Waals surface area contributed by atoms with Gasteiger partial charge in [0.15, 0.2) is 10.9 Å². The quantitative estimate of drug-likeness (QED) is 0.248. The zero-order chi connectivity index (χ0) is 18.8. The molecule has 4 aromatic rings. The van der Waals surface area contributed by atoms with Gasteiger partial charge in [-0.2, -0.15) is 0 Å². The van der Waals surface area contributed by atoms with Gasteiger partial charge in [0.2, 0.25) is 0 Å². The summed E-state index contributed by atoms with van der Waals surface area (Å²) in [6, 6.07) is 17.0. The van der Waals surface area contributed by atoms with Gasteiger partial charge in [0.1, 0.15) is 4.83 Å². The molecule has 0 aliphatic rings. The highest BCUT2D eigenvalue weighted by Gasteiger charge is 2.14. The minimum Gasteiger partial charge on any atom is -0.301 e. The molecule has 2 heterocycles. The van der Waals surface area contributed by atoms with E-state index in [2.05, 4.69) is 25.9 Å². The number of halogens is 1. The number of thioether (sulfide) groups is 1. The maximum Gasteiger partial charge on any atom is 0.260 e. The average molecular weight is 457 g/mol. The molecule has 2 aromatic carbocycles. The van der Waals surface area contributed by atoms with Gasteiger partial charge in [-0.05, 0) is 17.7 Å². The number of fused-ring (bicyclic) bond motifs is 1. The largest absolute Gasteiger partial charge is 0.301 e. The van der Waals surface area contributed by atoms with Crippen molar-refractivity contribution < 1.29 is 4.79 Å². The van der Waals surface area contributed by atoms with Gasteiger partial charge in [0.05, 0.1) is 11.1 Å². The first-order valence-electron chi connectivity index (χ1n) is 8.10. The number of hydrogen-bond donors (Lipinski definition) is 1. The van der Waals surface area contributed by atoms with Gasteiger partial charge < -0.3 is 4.98 Å². The molecule has 0 bridgehead atoms. The number of nitrogens with zero attached hydrogens (tertiary/aromatic N) is 1. The fraction of sp³-hybridized carbons (Fsp3) is 0.0500. The lowest BCUT2D eigenvalue weighted by atomic mass is 10.1. The van der Waals surface area contributed by atoms with Crippen LogP contribution in [0, 0.1) is 0 Å². The highest BCUT2D eigenvalue weighted by atomic mass is 79.9. The number of aromatic nitrogens is 2. The maximum absolute atomic E-state index is 12.6. The van der Waals surface area contributed by atoms with Crippen LogP contribution in [0.4, 0.5) is 0 Å². The molecule has 27 heavy (non-hydrogen) atoms. The number of hydrogen-bond acceptors (Lipinski definition) is 5. The van der Waals surface area contributed by atoms with E-state index in [1.165, 1.54) is 23.1 Å². The molecule has 134 valence electrons. The van der Waals surface area contributed by atoms with Crippen LogP contribution in [-0.2, 0) is 0 Å². The molecule has 0 aliphatic heterocycles. The Labute approximate surface area is 171 Å². The van der Waals surface area contributed by atoms with Crippen molar-refractivity contribution in [2.24, 2.45) is 0 Å². The van der Waals surface area contributed by atoms with Crippen LogP contribution in [0.2, 0.25) is 0 Å². The van der Waals surface area contributed by atoms with E-state index in [0.29, 0.717) is 20.9 Å². The lowest BCUT2D eigenvalue weighted by molar-refractivity contribution is 0.102. The molecule has 0 aliphatic carbocycles. The number of nitrogens with one attached hydrogen (secondary N) is 1. The summed E-state index contributed by atoms with van der Waals surface area (Å²) in [4.78, 5) is 32.9. The van der Waals surface area contributed by atoms with E-state index < -0.39 is 0 Å². The topological polar surface area (TPSA) is 62.8 Å². The molecular weight excluding hydrogens is 444 g/mol. The fourth-order valence-electron chi connectivity index (χ4n) is 2.68. The number of carbonyl (C=O) groups excluding carboxylic acids is 1. The van der Waals surface area contributed by atoms with Crippen molar-refractivity contribution in [1.82, 2.24) is 9.97 Å². The highest BCUT2D eigenvalue weighted by Crippen LogP contribution is 2.31. The molecule has 4 nitrogen and oxygen atoms in total. The molecule has 0 spiro atoms. The SMILES string of the molecule is O=C(CSc1nc2scc(-c3ccccc3)c2c(=O)[nH]1)c1ccc(Br)cc1. The standard InChI is InChI=1S/C20H13BrN2O2S2/c21-14-8-6-13(7-9-14)16(24)11-27-20-22-18(25)17-15(10-26-19(17)23-20)12-4-2-1-3-5-12/h1-10H,11H2,(H,22,23,25). The summed E-state index contributed by atoms with van der Waals surface area (Å²) in [5.41, 5.74) is 2.32. The second-order valence-electron chi connectivity index (χ2n) is 5.79. The summed E-state index contributed by atoms with van der Waals surface area (Å²) < 4.78 is 0.926. The highest BCUT2D eigenvalue weighted by molar-refractivity contribution is 9.10. The van der Waals surface area contributed by atoms with Gasteiger partial charge in [-0.25, -0.2) is 4.98 Å². The number of rotatable bonds is 5. The zero-order valence-corrected chi connectivity index (χ0v) is 17.2. The van der Waals surface area contributed by atoms with E-state index in [1.54, 1.807) is 12.1 Å². The number of aromatic amines is 1. The predicted octanol–water partition coefficient (Wildman–Crippen LogP) is 5.39. The molecule has 1 N–H and O–H groups in total. The van der Waals surface area contributed by atoms with E-state index in [1.807, 2.05) is 47.8 Å². The molecule has 4 rings (SSSR count). The molecule has 0 saturated heterocycles. The normalized spacial score (nSPS) is 11.0. The van der Waals surface area contributed by atoms with E-state index in [0.717, 1.165) is 15.6 Å². The van der Waals surface area contributed by atoms with Gasteiger partial charge in [-0.15, -0.1) is 11.3 Å². The van der Waals surface area contributed by atoms with E-state index in [4.69, 9.17) is 0 Å². The third kappa shape index (κ3) is 3.90. The summed E-state index contributed by atoms with van der Waals surface area (Å²) in [6.45, 7) is 0. The van der Waals surface area contributed by atoms with Crippen LogP contribution < -0.4 is 5.56 Å². The first-order chi connectivity index (χ1) is 13.1. The number of ketones is 1. The van der Waals surface area contributed by atoms with Crippen LogP contribution in [0.3, 0.4) is 0 Å². The summed E-state index contributed by atoms with van der Waals surface area (Å²) in [7, 11) is 0. The Balaban J connectivity index is 1.58. The summed E-state index contributed by atoms with van der Waals surface area (Å²) in [5.74, 6) is 0.207. The summed E-state index contributed by atoms with van der Waals surface area (Å²) in [5, 5.41) is 3.00. The lowest BCUT2D eigenvalue weighted by Crippen LogP contribution is -2.10. The Bertz CT molecular complexity index is 1170. The van der Waals surface area contributed by atoms with Crippen molar-refractivity contribution in [2.75, 3.05) is 5.75 Å². The molecular formula is C20H13BrN2O2S2. The molecule has 0 unspecified atom stereocenters. The summed E-state index contributed by atoms with van der Waals surface area (Å²) >= 11 is 6.03. The van der Waals surface area contributed by atoms with Crippen LogP contribution in [0.25, 0.3) is 21.3 Å². The molecule has 0 saturated carbocycles. The fourth-order valence-corrected chi connectivity index (χ4v) is 4.71. The first-order valence-corrected chi connectivity index (χ1v) is 10.8. The van der Waals surface area contributed by atoms with E-state index in [9.17, 15) is 9.59 Å². The van der Waals surface area contributed by atoms with Crippen LogP contribution in [0.1, 0.15) is 10.4 Å². The van der Waals surface area contributed by atoms with E-state index in [-0.39, 0.29) is 17.1 Å². The van der Waals surface area contributed by atoms with Crippen molar-refractivity contribution in [1.29, 1.82) is 0 Å². The number of H-pyrrole nitrogens is 1. The van der Waals surface area contributed by atoms with Gasteiger partial charge >= 0.3 is 0 Å². The van der Waals surface area contributed by atoms with E-state index >= 15 is 0 Å².